The summed E-state index contributed by atoms with van der Waals surface area (Å²) in [6.07, 6.45) is 0.256. The normalized spacial score (nSPS) is 14.5. The van der Waals surface area contributed by atoms with E-state index in [0.29, 0.717) is 5.36 Å². The summed E-state index contributed by atoms with van der Waals surface area (Å²) in [5.74, 6) is -2.67. The van der Waals surface area contributed by atoms with Crippen molar-refractivity contribution in [2.75, 3.05) is 0 Å². The molecule has 6 nitrogen and oxygen atoms in total. The maximum atomic E-state index is 13.6. The van der Waals surface area contributed by atoms with Gasteiger partial charge >= 0.3 is 5.97 Å². The van der Waals surface area contributed by atoms with Crippen molar-refractivity contribution in [2.24, 2.45) is 10.9 Å². The molecule has 1 aliphatic rings. The van der Waals surface area contributed by atoms with Crippen LogP contribution in [0.2, 0.25) is 0 Å². The first-order chi connectivity index (χ1) is 12.2. The third-order valence-corrected chi connectivity index (χ3v) is 5.41. The molecule has 136 valence electrons. The summed E-state index contributed by atoms with van der Waals surface area (Å²) in [7, 11) is 0. The number of nitrogens with zero attached hydrogens (tertiary/aromatic N) is 2. The van der Waals surface area contributed by atoms with Crippen LogP contribution in [0.1, 0.15) is 31.2 Å². The monoisotopic (exact) mass is 394 g/mol. The first kappa shape index (κ1) is 18.4. The molecule has 0 saturated heterocycles. The highest BCUT2D eigenvalue weighted by Crippen LogP contribution is 2.36. The molecule has 1 aromatic carbocycles. The quantitative estimate of drug-likeness (QED) is 0.759. The molecule has 1 amide bonds. The molecule has 0 aliphatic carbocycles. The summed E-state index contributed by atoms with van der Waals surface area (Å²) in [6, 6.07) is 2.67. The Morgan fingerprint density at radius 3 is 2.73 bits per heavy atom. The Kier molecular flexibility index (Phi) is 4.76. The first-order valence-electron chi connectivity index (χ1n) is 7.81. The number of carboxylic acids is 1. The molecule has 0 saturated carbocycles. The van der Waals surface area contributed by atoms with E-state index in [-0.39, 0.29) is 32.0 Å². The Hall–Kier alpha value is -2.39. The lowest BCUT2D eigenvalue weighted by atomic mass is 10.0. The Balaban J connectivity index is 2.26. The van der Waals surface area contributed by atoms with Crippen LogP contribution < -0.4 is 10.6 Å². The van der Waals surface area contributed by atoms with Crippen LogP contribution in [0.5, 0.6) is 5.88 Å². The molecular weight excluding hydrogens is 379 g/mol. The topological polar surface area (TPSA) is 91.9 Å². The number of fused-ring (bicyclic) bond motifs is 1. The summed E-state index contributed by atoms with van der Waals surface area (Å²) < 4.78 is 14.9. The van der Waals surface area contributed by atoms with E-state index in [9.17, 15) is 24.2 Å². The van der Waals surface area contributed by atoms with E-state index in [1.54, 1.807) is 0 Å². The molecular formula is C17H15FN2O4S2. The smallest absolute Gasteiger partial charge is 0.326 e. The van der Waals surface area contributed by atoms with Crippen LogP contribution in [0, 0.1) is 15.7 Å². The first-order valence-corrected chi connectivity index (χ1v) is 9.03. The molecule has 0 unspecified atom stereocenters. The average Bonchev–Trinajstić information content (AvgIpc) is 3.00. The van der Waals surface area contributed by atoms with Gasteiger partial charge in [0.1, 0.15) is 16.7 Å². The standard InChI is InChI=1S/C17H15FN2O4S2/c1-7(2)5-11(16(23)24)20-15(22)13(26-17(20)25)12-9-6-8(18)3-4-10(9)19-14(12)21/h3-4,6-7,11,22H,5H2,1-2H3,(H,23,24)/t11-/m1/s1. The average molecular weight is 394 g/mol. The van der Waals surface area contributed by atoms with Crippen LogP contribution in [0.3, 0.4) is 0 Å². The summed E-state index contributed by atoms with van der Waals surface area (Å²) >= 11 is 6.14. The lowest BCUT2D eigenvalue weighted by Gasteiger charge is -2.17. The number of rotatable bonds is 5. The number of halogens is 1. The summed E-state index contributed by atoms with van der Waals surface area (Å²) in [5, 5.41) is 20.7. The van der Waals surface area contributed by atoms with Crippen molar-refractivity contribution in [1.82, 2.24) is 4.57 Å². The number of carbonyl (C=O) groups is 2. The molecule has 2 heterocycles. The van der Waals surface area contributed by atoms with Crippen LogP contribution in [0.25, 0.3) is 5.57 Å². The second kappa shape index (κ2) is 6.73. The maximum Gasteiger partial charge on any atom is 0.326 e. The van der Waals surface area contributed by atoms with Gasteiger partial charge in [-0.15, -0.1) is 11.3 Å². The summed E-state index contributed by atoms with van der Waals surface area (Å²) in [6.45, 7) is 3.72. The van der Waals surface area contributed by atoms with Gasteiger partial charge in [-0.1, -0.05) is 13.8 Å². The van der Waals surface area contributed by atoms with Crippen LogP contribution in [0.4, 0.5) is 4.39 Å². The highest BCUT2D eigenvalue weighted by atomic mass is 32.1. The lowest BCUT2D eigenvalue weighted by molar-refractivity contribution is -0.141. The molecule has 3 rings (SSSR count). The largest absolute Gasteiger partial charge is 0.493 e. The van der Waals surface area contributed by atoms with Gasteiger partial charge in [0.25, 0.3) is 5.91 Å². The molecule has 1 aromatic heterocycles. The summed E-state index contributed by atoms with van der Waals surface area (Å²) in [5.41, 5.74) is 0.0283. The van der Waals surface area contributed by atoms with E-state index in [1.807, 2.05) is 13.8 Å². The Morgan fingerprint density at radius 2 is 2.12 bits per heavy atom. The Labute approximate surface area is 156 Å². The van der Waals surface area contributed by atoms with Crippen molar-refractivity contribution >= 4 is 41.0 Å². The number of hydrogen-bond acceptors (Lipinski definition) is 5. The van der Waals surface area contributed by atoms with Gasteiger partial charge in [-0.05, 0) is 42.8 Å². The zero-order valence-electron chi connectivity index (χ0n) is 13.9. The molecule has 2 N–H and O–H groups in total. The third kappa shape index (κ3) is 3.08. The fourth-order valence-electron chi connectivity index (χ4n) is 2.88. The predicted octanol–water partition coefficient (Wildman–Crippen LogP) is 2.15. The SMILES string of the molecule is CC(C)C[C@H](C(=O)O)n1c(O)c(C2=c3cc(F)ccc3=NC2=O)sc1=S. The van der Waals surface area contributed by atoms with Gasteiger partial charge in [-0.25, -0.2) is 14.2 Å². The molecule has 26 heavy (non-hydrogen) atoms. The van der Waals surface area contributed by atoms with Crippen molar-refractivity contribution < 1.29 is 24.2 Å². The van der Waals surface area contributed by atoms with Gasteiger partial charge in [0.2, 0.25) is 5.88 Å². The minimum Gasteiger partial charge on any atom is -0.493 e. The number of thiazole rings is 1. The highest BCUT2D eigenvalue weighted by Gasteiger charge is 2.30. The van der Waals surface area contributed by atoms with Crippen LogP contribution >= 0.6 is 23.6 Å². The van der Waals surface area contributed by atoms with E-state index in [1.165, 1.54) is 12.1 Å². The zero-order valence-corrected chi connectivity index (χ0v) is 15.5. The van der Waals surface area contributed by atoms with Crippen LogP contribution in [-0.2, 0) is 9.59 Å². The summed E-state index contributed by atoms with van der Waals surface area (Å²) in [4.78, 5) is 27.9. The van der Waals surface area contributed by atoms with Crippen molar-refractivity contribution in [3.05, 3.63) is 43.4 Å². The maximum absolute atomic E-state index is 13.6. The van der Waals surface area contributed by atoms with Gasteiger partial charge in [0.15, 0.2) is 3.95 Å². The Morgan fingerprint density at radius 1 is 1.42 bits per heavy atom. The molecule has 1 aliphatic heterocycles. The predicted molar refractivity (Wildman–Crippen MR) is 95.6 cm³/mol. The van der Waals surface area contributed by atoms with E-state index in [4.69, 9.17) is 12.2 Å². The van der Waals surface area contributed by atoms with Crippen LogP contribution in [-0.4, -0.2) is 26.7 Å². The number of aromatic hydroxyl groups is 1. The molecule has 1 atom stereocenters. The highest BCUT2D eigenvalue weighted by molar-refractivity contribution is 7.73. The second-order valence-electron chi connectivity index (χ2n) is 6.33. The lowest BCUT2D eigenvalue weighted by Crippen LogP contribution is -2.23. The number of carbonyl (C=O) groups excluding carboxylic acids is 1. The minimum absolute atomic E-state index is 0.0283. The third-order valence-electron chi connectivity index (χ3n) is 4.00. The van der Waals surface area contributed by atoms with E-state index in [0.717, 1.165) is 22.0 Å². The fraction of sp³-hybridized carbons (Fsp3) is 0.294. The second-order valence-corrected chi connectivity index (χ2v) is 7.97. The number of aliphatic carboxylic acids is 1. The molecule has 2 aromatic rings. The zero-order chi connectivity index (χ0) is 19.2. The van der Waals surface area contributed by atoms with Gasteiger partial charge < -0.3 is 10.2 Å². The van der Waals surface area contributed by atoms with Crippen molar-refractivity contribution in [2.45, 2.75) is 26.3 Å². The molecule has 0 spiro atoms. The number of aromatic nitrogens is 1. The van der Waals surface area contributed by atoms with Crippen LogP contribution in [0.15, 0.2) is 23.2 Å². The van der Waals surface area contributed by atoms with Gasteiger partial charge in [-0.3, -0.25) is 9.36 Å². The minimum atomic E-state index is -1.13. The number of carboxylic acid groups (broad SMARTS) is 1. The van der Waals surface area contributed by atoms with Crippen molar-refractivity contribution in [3.8, 4) is 5.88 Å². The fourth-order valence-corrected chi connectivity index (χ4v) is 4.32. The molecule has 0 fully saturated rings. The van der Waals surface area contributed by atoms with E-state index in [2.05, 4.69) is 4.99 Å². The molecule has 0 radical (unpaired) electrons. The van der Waals surface area contributed by atoms with E-state index < -0.39 is 29.6 Å². The Bertz CT molecular complexity index is 1100. The van der Waals surface area contributed by atoms with Gasteiger partial charge in [-0.2, -0.15) is 0 Å². The van der Waals surface area contributed by atoms with Gasteiger partial charge in [0, 0.05) is 5.22 Å². The number of hydrogen-bond donors (Lipinski definition) is 2. The van der Waals surface area contributed by atoms with Gasteiger partial charge in [0.05, 0.1) is 10.9 Å². The molecule has 0 bridgehead atoms. The van der Waals surface area contributed by atoms with Crippen molar-refractivity contribution in [3.63, 3.8) is 0 Å². The molecule has 9 heteroatoms. The van der Waals surface area contributed by atoms with Crippen molar-refractivity contribution in [1.29, 1.82) is 0 Å². The number of benzene rings is 1. The number of amides is 1. The van der Waals surface area contributed by atoms with E-state index >= 15 is 0 Å².